The van der Waals surface area contributed by atoms with Gasteiger partial charge in [0.1, 0.15) is 0 Å². The second-order valence-corrected chi connectivity index (χ2v) is 9.33. The average molecular weight is 455 g/mol. The molecule has 0 aliphatic heterocycles. The Kier molecular flexibility index (Phi) is 4.91. The normalized spacial score (nSPS) is 15.2. The fraction of sp³-hybridized carbons (Fsp3) is 0.0385. The van der Waals surface area contributed by atoms with Gasteiger partial charge in [0.15, 0.2) is 18.1 Å². The predicted molar refractivity (Wildman–Crippen MR) is 124 cm³/mol. The number of rotatable bonds is 3. The van der Waals surface area contributed by atoms with Gasteiger partial charge in [-0.05, 0) is 47.2 Å². The number of allylic oxidation sites excluding steroid dienone is 1. The number of benzene rings is 3. The minimum Gasteiger partial charge on any atom is -0.867 e. The van der Waals surface area contributed by atoms with Gasteiger partial charge in [0.2, 0.25) is 11.5 Å². The Morgan fingerprint density at radius 1 is 0.848 bits per heavy atom. The van der Waals surface area contributed by atoms with Crippen molar-refractivity contribution in [3.63, 3.8) is 0 Å². The Bertz CT molecular complexity index is 1590. The standard InChI is InChI=1S/C26H18N2O4S/c1-17-9-12-19(13-10-17)33(31,32)27-23-24(28-15-5-2-6-16-28)26(30)22-20-8-4-3-7-18(20)11-14-21(22)25(23)29/h2-16H,1H3. The maximum Gasteiger partial charge on any atom is 0.283 e. The molecule has 33 heavy (non-hydrogen) atoms. The molecule has 0 saturated carbocycles. The minimum atomic E-state index is -4.24. The number of aryl methyl sites for hydroxylation is 1. The summed E-state index contributed by atoms with van der Waals surface area (Å²) in [5, 5.41) is 15.2. The van der Waals surface area contributed by atoms with Crippen LogP contribution in [0.3, 0.4) is 0 Å². The van der Waals surface area contributed by atoms with Gasteiger partial charge in [-0.25, -0.2) is 0 Å². The summed E-state index contributed by atoms with van der Waals surface area (Å²) in [5.41, 5.74) is 0.770. The van der Waals surface area contributed by atoms with Crippen molar-refractivity contribution >= 4 is 43.7 Å². The van der Waals surface area contributed by atoms with E-state index in [0.29, 0.717) is 5.39 Å². The number of nitrogens with zero attached hydrogens (tertiary/aromatic N) is 2. The van der Waals surface area contributed by atoms with Crippen molar-refractivity contribution in [3.05, 3.63) is 108 Å². The largest absolute Gasteiger partial charge is 0.867 e. The van der Waals surface area contributed by atoms with Gasteiger partial charge < -0.3 is 5.11 Å². The van der Waals surface area contributed by atoms with Gasteiger partial charge in [-0.3, -0.25) is 4.79 Å². The van der Waals surface area contributed by atoms with Crippen LogP contribution in [0.5, 0.6) is 0 Å². The van der Waals surface area contributed by atoms with Gasteiger partial charge in [-0.15, -0.1) is 4.40 Å². The van der Waals surface area contributed by atoms with E-state index in [2.05, 4.69) is 4.40 Å². The molecule has 3 aromatic carbocycles. The van der Waals surface area contributed by atoms with Crippen molar-refractivity contribution in [2.45, 2.75) is 11.8 Å². The lowest BCUT2D eigenvalue weighted by Crippen LogP contribution is -2.43. The molecule has 1 aromatic heterocycles. The Labute approximate surface area is 190 Å². The molecule has 0 unspecified atom stereocenters. The number of hydrogen-bond donors (Lipinski definition) is 0. The van der Waals surface area contributed by atoms with Crippen LogP contribution in [-0.2, 0) is 10.0 Å². The lowest BCUT2D eigenvalue weighted by Gasteiger charge is -2.25. The zero-order valence-corrected chi connectivity index (χ0v) is 18.4. The highest BCUT2D eigenvalue weighted by molar-refractivity contribution is 7.90. The Balaban J connectivity index is 1.82. The van der Waals surface area contributed by atoms with Crippen LogP contribution in [0.1, 0.15) is 21.5 Å². The third kappa shape index (κ3) is 3.52. The van der Waals surface area contributed by atoms with E-state index in [4.69, 9.17) is 0 Å². The van der Waals surface area contributed by atoms with Gasteiger partial charge >= 0.3 is 0 Å². The molecule has 1 aliphatic rings. The minimum absolute atomic E-state index is 0.0532. The SMILES string of the molecule is Cc1ccc(S(=O)(=O)/N=C2\C(=O)c3ccc4ccccc4c3C([O-])=C2[n+]2ccccc2)cc1. The van der Waals surface area contributed by atoms with Crippen molar-refractivity contribution in [2.75, 3.05) is 0 Å². The first-order chi connectivity index (χ1) is 15.9. The molecule has 0 saturated heterocycles. The summed E-state index contributed by atoms with van der Waals surface area (Å²) in [4.78, 5) is 13.5. The van der Waals surface area contributed by atoms with Crippen LogP contribution >= 0.6 is 0 Å². The predicted octanol–water partition coefficient (Wildman–Crippen LogP) is 3.15. The van der Waals surface area contributed by atoms with Crippen LogP contribution in [-0.4, -0.2) is 19.9 Å². The summed E-state index contributed by atoms with van der Waals surface area (Å²) in [5.74, 6) is -1.08. The number of carbonyl (C=O) groups is 1. The number of ketones is 1. The average Bonchev–Trinajstić information content (AvgIpc) is 2.82. The monoisotopic (exact) mass is 454 g/mol. The third-order valence-electron chi connectivity index (χ3n) is 5.56. The number of aromatic nitrogens is 1. The van der Waals surface area contributed by atoms with E-state index in [-0.39, 0.29) is 21.7 Å². The summed E-state index contributed by atoms with van der Waals surface area (Å²) in [6.07, 6.45) is 3.18. The number of hydrogen-bond acceptors (Lipinski definition) is 4. The summed E-state index contributed by atoms with van der Waals surface area (Å²) in [6.45, 7) is 1.84. The molecule has 0 fully saturated rings. The molecule has 7 heteroatoms. The van der Waals surface area contributed by atoms with Gasteiger partial charge in [0.25, 0.3) is 10.0 Å². The van der Waals surface area contributed by atoms with Crippen molar-refractivity contribution in [1.82, 2.24) is 0 Å². The molecule has 0 radical (unpaired) electrons. The van der Waals surface area contributed by atoms with E-state index >= 15 is 0 Å². The Morgan fingerprint density at radius 3 is 2.27 bits per heavy atom. The molecule has 0 amide bonds. The highest BCUT2D eigenvalue weighted by atomic mass is 32.2. The van der Waals surface area contributed by atoms with E-state index in [1.165, 1.54) is 16.7 Å². The van der Waals surface area contributed by atoms with E-state index < -0.39 is 27.3 Å². The first kappa shape index (κ1) is 20.8. The molecule has 0 spiro atoms. The van der Waals surface area contributed by atoms with Crippen LogP contribution in [0.4, 0.5) is 0 Å². The second-order valence-electron chi connectivity index (χ2n) is 7.73. The number of pyridine rings is 1. The van der Waals surface area contributed by atoms with Crippen molar-refractivity contribution in [2.24, 2.45) is 4.40 Å². The Hall–Kier alpha value is -4.10. The summed E-state index contributed by atoms with van der Waals surface area (Å²) in [6, 6.07) is 21.9. The molecule has 1 heterocycles. The summed E-state index contributed by atoms with van der Waals surface area (Å²) in [7, 11) is -4.24. The Morgan fingerprint density at radius 2 is 1.55 bits per heavy atom. The molecule has 5 rings (SSSR count). The van der Waals surface area contributed by atoms with Crippen molar-refractivity contribution < 1.29 is 22.9 Å². The highest BCUT2D eigenvalue weighted by Gasteiger charge is 2.36. The molecule has 1 aliphatic carbocycles. The zero-order chi connectivity index (χ0) is 23.2. The fourth-order valence-corrected chi connectivity index (χ4v) is 4.92. The molecule has 4 aromatic rings. The topological polar surface area (TPSA) is 90.5 Å². The second kappa shape index (κ2) is 7.79. The maximum atomic E-state index is 13.8. The lowest BCUT2D eigenvalue weighted by atomic mass is 9.87. The van der Waals surface area contributed by atoms with Crippen LogP contribution in [0.2, 0.25) is 0 Å². The van der Waals surface area contributed by atoms with E-state index in [0.717, 1.165) is 10.9 Å². The lowest BCUT2D eigenvalue weighted by molar-refractivity contribution is -0.577. The zero-order valence-electron chi connectivity index (χ0n) is 17.6. The summed E-state index contributed by atoms with van der Waals surface area (Å²) < 4.78 is 31.5. The molecule has 0 N–H and O–H groups in total. The number of fused-ring (bicyclic) bond motifs is 3. The first-order valence-electron chi connectivity index (χ1n) is 10.2. The van der Waals surface area contributed by atoms with Crippen LogP contribution in [0.15, 0.2) is 101 Å². The number of Topliss-reactive ketones (excluding diaryl/α,β-unsaturated/α-hetero) is 1. The van der Waals surface area contributed by atoms with Gasteiger partial charge in [0.05, 0.1) is 4.90 Å². The molecule has 6 nitrogen and oxygen atoms in total. The van der Waals surface area contributed by atoms with E-state index in [1.807, 2.05) is 19.1 Å². The van der Waals surface area contributed by atoms with Crippen molar-refractivity contribution in [1.29, 1.82) is 0 Å². The van der Waals surface area contributed by atoms with E-state index in [1.54, 1.807) is 67.0 Å². The van der Waals surface area contributed by atoms with Crippen LogP contribution in [0, 0.1) is 6.92 Å². The van der Waals surface area contributed by atoms with Gasteiger partial charge in [0, 0.05) is 17.7 Å². The molecule has 162 valence electrons. The smallest absolute Gasteiger partial charge is 0.283 e. The van der Waals surface area contributed by atoms with Crippen LogP contribution < -0.4 is 9.67 Å². The van der Waals surface area contributed by atoms with Gasteiger partial charge in [-0.1, -0.05) is 54.1 Å². The molecule has 0 atom stereocenters. The molecule has 0 bridgehead atoms. The van der Waals surface area contributed by atoms with E-state index in [9.17, 15) is 18.3 Å². The van der Waals surface area contributed by atoms with Crippen LogP contribution in [0.25, 0.3) is 22.2 Å². The highest BCUT2D eigenvalue weighted by Crippen LogP contribution is 2.33. The fourth-order valence-electron chi connectivity index (χ4n) is 3.92. The molecular weight excluding hydrogens is 436 g/mol. The first-order valence-corrected chi connectivity index (χ1v) is 11.7. The third-order valence-corrected chi connectivity index (χ3v) is 6.85. The number of carbonyl (C=O) groups excluding carboxylic acids is 1. The maximum absolute atomic E-state index is 13.8. The quantitative estimate of drug-likeness (QED) is 0.445. The van der Waals surface area contributed by atoms with Crippen molar-refractivity contribution in [3.8, 4) is 0 Å². The molecular formula is C26H18N2O4S. The number of sulfonamides is 1. The summed E-state index contributed by atoms with van der Waals surface area (Å²) >= 11 is 0. The van der Waals surface area contributed by atoms with Gasteiger partial charge in [-0.2, -0.15) is 13.0 Å².